The Labute approximate surface area is 219 Å². The molecule has 2 aliphatic heterocycles. The molecule has 2 aromatic carbocycles. The van der Waals surface area contributed by atoms with Crippen molar-refractivity contribution in [2.75, 3.05) is 19.6 Å². The van der Waals surface area contributed by atoms with Crippen molar-refractivity contribution < 1.29 is 26.8 Å². The highest BCUT2D eigenvalue weighted by atomic mass is 35.5. The van der Waals surface area contributed by atoms with E-state index in [9.17, 15) is 26.8 Å². The third kappa shape index (κ3) is 5.91. The van der Waals surface area contributed by atoms with E-state index in [1.165, 1.54) is 5.01 Å². The van der Waals surface area contributed by atoms with Crippen molar-refractivity contribution in [1.29, 1.82) is 0 Å². The summed E-state index contributed by atoms with van der Waals surface area (Å²) in [5.74, 6) is -1.79. The summed E-state index contributed by atoms with van der Waals surface area (Å²) in [6, 6.07) is 15.5. The summed E-state index contributed by atoms with van der Waals surface area (Å²) in [5, 5.41) is 14.1. The topological polar surface area (TPSA) is 76.5 Å². The van der Waals surface area contributed by atoms with Crippen LogP contribution in [0.15, 0.2) is 59.8 Å². The molecule has 198 valence electrons. The fraction of sp³-hybridized carbons (Fsp3) is 0.435. The average molecular weight is 567 g/mol. The van der Waals surface area contributed by atoms with Gasteiger partial charge in [-0.1, -0.05) is 63.6 Å². The maximum Gasteiger partial charge on any atom is 0.391 e. The minimum absolute atomic E-state index is 0. The Kier molecular flexibility index (Phi) is 9.16. The molecule has 0 bridgehead atoms. The summed E-state index contributed by atoms with van der Waals surface area (Å²) in [6.45, 7) is -0.279. The Hall–Kier alpha value is -2.05. The predicted octanol–water partition coefficient (Wildman–Crippen LogP) is 5.45. The van der Waals surface area contributed by atoms with Crippen LogP contribution in [-0.4, -0.2) is 59.5 Å². The summed E-state index contributed by atoms with van der Waals surface area (Å²) >= 11 is 6.08. The van der Waals surface area contributed by atoms with E-state index in [1.54, 1.807) is 24.3 Å². The maximum atomic E-state index is 14.0. The van der Waals surface area contributed by atoms with Gasteiger partial charge in [0.05, 0.1) is 12.0 Å². The Morgan fingerprint density at radius 1 is 0.944 bits per heavy atom. The van der Waals surface area contributed by atoms with E-state index in [4.69, 9.17) is 11.6 Å². The van der Waals surface area contributed by atoms with Gasteiger partial charge in [0.15, 0.2) is 0 Å². The number of hydrogen-bond acceptors (Lipinski definition) is 4. The second kappa shape index (κ2) is 11.6. The largest absolute Gasteiger partial charge is 0.410 e. The van der Waals surface area contributed by atoms with Crippen molar-refractivity contribution in [2.45, 2.75) is 37.4 Å². The van der Waals surface area contributed by atoms with E-state index < -0.39 is 28.3 Å². The highest BCUT2D eigenvalue weighted by molar-refractivity contribution is 7.86. The highest BCUT2D eigenvalue weighted by Crippen LogP contribution is 2.45. The summed E-state index contributed by atoms with van der Waals surface area (Å²) in [7, 11) is -4.28. The molecular formula is C23H27Cl2F3N4O3S. The van der Waals surface area contributed by atoms with Crippen molar-refractivity contribution >= 4 is 40.6 Å². The minimum atomic E-state index is -4.36. The zero-order chi connectivity index (χ0) is 25.2. The number of rotatable bonds is 5. The third-order valence-corrected chi connectivity index (χ3v) is 8.82. The summed E-state index contributed by atoms with van der Waals surface area (Å²) in [4.78, 5) is 0. The van der Waals surface area contributed by atoms with E-state index in [2.05, 4.69) is 5.16 Å². The first-order valence-electron chi connectivity index (χ1n) is 11.2. The van der Waals surface area contributed by atoms with Crippen LogP contribution in [0.3, 0.4) is 0 Å². The van der Waals surface area contributed by atoms with Crippen LogP contribution in [0.4, 0.5) is 13.2 Å². The normalized spacial score (nSPS) is 23.1. The number of hydrazine groups is 1. The van der Waals surface area contributed by atoms with E-state index in [-0.39, 0.29) is 50.8 Å². The smallest absolute Gasteiger partial charge is 0.391 e. The molecule has 2 atom stereocenters. The number of oxime groups is 1. The lowest BCUT2D eigenvalue weighted by Crippen LogP contribution is -2.58. The summed E-state index contributed by atoms with van der Waals surface area (Å²) < 4.78 is 69.8. The van der Waals surface area contributed by atoms with Crippen LogP contribution in [0, 0.1) is 5.92 Å². The van der Waals surface area contributed by atoms with Crippen LogP contribution in [-0.2, 0) is 10.2 Å². The lowest BCUT2D eigenvalue weighted by molar-refractivity contribution is -0.183. The number of alkyl halides is 3. The summed E-state index contributed by atoms with van der Waals surface area (Å²) in [6.07, 6.45) is -3.41. The Bertz CT molecular complexity index is 1130. The number of benzene rings is 2. The van der Waals surface area contributed by atoms with Gasteiger partial charge in [-0.15, -0.1) is 12.4 Å². The molecule has 4 rings (SSSR count). The Balaban J connectivity index is 0.00000361. The van der Waals surface area contributed by atoms with Gasteiger partial charge in [-0.25, -0.2) is 0 Å². The predicted molar refractivity (Wildman–Crippen MR) is 133 cm³/mol. The fourth-order valence-corrected chi connectivity index (χ4v) is 6.87. The standard InChI is InChI=1S/C23H26ClF3N4O3S.ClH/c24-20-8-6-18(7-9-20)22-21(17-4-2-1-3-5-17)12-13-29(16-28-32)31(22)35(33,34)30-14-10-19(11-15-30)23(25,26)27;/h1-9,16,19,21-22,32H,10-15H2;1H. The lowest BCUT2D eigenvalue weighted by atomic mass is 9.83. The average Bonchev–Trinajstić information content (AvgIpc) is 2.84. The van der Waals surface area contributed by atoms with Gasteiger partial charge in [-0.2, -0.15) is 25.9 Å². The molecule has 2 heterocycles. The first kappa shape index (κ1) is 28.5. The molecule has 0 spiro atoms. The fourth-order valence-electron chi connectivity index (χ4n) is 4.89. The molecule has 1 N–H and O–H groups in total. The van der Waals surface area contributed by atoms with Crippen molar-refractivity contribution in [2.24, 2.45) is 11.1 Å². The van der Waals surface area contributed by atoms with Crippen LogP contribution in [0.2, 0.25) is 5.02 Å². The molecule has 13 heteroatoms. The maximum absolute atomic E-state index is 14.0. The number of piperidine rings is 1. The number of hydrogen-bond donors (Lipinski definition) is 1. The molecule has 0 saturated carbocycles. The molecule has 0 amide bonds. The SMILES string of the molecule is Cl.O=S(=O)(N1CCC(C(F)(F)F)CC1)N1C(c2ccc(Cl)cc2)C(c2ccccc2)CCN1C=NO. The first-order chi connectivity index (χ1) is 16.6. The van der Waals surface area contributed by atoms with Crippen molar-refractivity contribution in [3.63, 3.8) is 0 Å². The molecule has 2 aromatic rings. The van der Waals surface area contributed by atoms with E-state index in [0.717, 1.165) is 20.6 Å². The third-order valence-electron chi connectivity index (χ3n) is 6.65. The van der Waals surface area contributed by atoms with Gasteiger partial charge in [0, 0.05) is 30.6 Å². The zero-order valence-electron chi connectivity index (χ0n) is 19.1. The monoisotopic (exact) mass is 566 g/mol. The van der Waals surface area contributed by atoms with E-state index in [0.29, 0.717) is 17.0 Å². The summed E-state index contributed by atoms with van der Waals surface area (Å²) in [5.41, 5.74) is 1.58. The Morgan fingerprint density at radius 2 is 1.56 bits per heavy atom. The minimum Gasteiger partial charge on any atom is -0.410 e. The lowest BCUT2D eigenvalue weighted by Gasteiger charge is -2.48. The molecule has 7 nitrogen and oxygen atoms in total. The molecule has 0 aliphatic carbocycles. The van der Waals surface area contributed by atoms with E-state index in [1.807, 2.05) is 30.3 Å². The first-order valence-corrected chi connectivity index (χ1v) is 13.0. The van der Waals surface area contributed by atoms with Crippen molar-refractivity contribution in [3.05, 3.63) is 70.7 Å². The van der Waals surface area contributed by atoms with Gasteiger partial charge >= 0.3 is 6.18 Å². The quantitative estimate of drug-likeness (QED) is 0.226. The number of halogens is 5. The zero-order valence-corrected chi connectivity index (χ0v) is 21.5. The Morgan fingerprint density at radius 3 is 2.11 bits per heavy atom. The van der Waals surface area contributed by atoms with Gasteiger partial charge < -0.3 is 5.21 Å². The van der Waals surface area contributed by atoms with Crippen LogP contribution >= 0.6 is 24.0 Å². The molecular weight excluding hydrogens is 540 g/mol. The molecule has 2 fully saturated rings. The van der Waals surface area contributed by atoms with Crippen LogP contribution in [0.5, 0.6) is 0 Å². The van der Waals surface area contributed by atoms with Gasteiger partial charge in [0.2, 0.25) is 0 Å². The van der Waals surface area contributed by atoms with Gasteiger partial charge in [0.1, 0.15) is 6.34 Å². The van der Waals surface area contributed by atoms with Crippen molar-refractivity contribution in [3.8, 4) is 0 Å². The number of nitrogens with zero attached hydrogens (tertiary/aromatic N) is 4. The second-order valence-electron chi connectivity index (χ2n) is 8.69. The highest BCUT2D eigenvalue weighted by Gasteiger charge is 2.49. The molecule has 36 heavy (non-hydrogen) atoms. The van der Waals surface area contributed by atoms with Crippen LogP contribution < -0.4 is 0 Å². The van der Waals surface area contributed by atoms with E-state index >= 15 is 0 Å². The van der Waals surface area contributed by atoms with Crippen LogP contribution in [0.1, 0.15) is 42.3 Å². The molecule has 2 aliphatic rings. The van der Waals surface area contributed by atoms with Gasteiger partial charge in [0.25, 0.3) is 10.2 Å². The molecule has 2 unspecified atom stereocenters. The van der Waals surface area contributed by atoms with Gasteiger partial charge in [-0.3, -0.25) is 5.01 Å². The van der Waals surface area contributed by atoms with Crippen LogP contribution in [0.25, 0.3) is 0 Å². The second-order valence-corrected chi connectivity index (χ2v) is 10.9. The molecule has 2 saturated heterocycles. The molecule has 0 aromatic heterocycles. The van der Waals surface area contributed by atoms with Gasteiger partial charge in [-0.05, 0) is 42.5 Å². The molecule has 0 radical (unpaired) electrons. The van der Waals surface area contributed by atoms with Crippen molar-refractivity contribution in [1.82, 2.24) is 13.7 Å².